The summed E-state index contributed by atoms with van der Waals surface area (Å²) in [7, 11) is 1.62. The van der Waals surface area contributed by atoms with Gasteiger partial charge in [-0.3, -0.25) is 9.59 Å². The Morgan fingerprint density at radius 1 is 1.25 bits per heavy atom. The number of rotatable bonds is 6. The molecule has 0 aliphatic carbocycles. The van der Waals surface area contributed by atoms with Gasteiger partial charge in [-0.2, -0.15) is 0 Å². The van der Waals surface area contributed by atoms with E-state index >= 15 is 0 Å². The molecule has 20 heavy (non-hydrogen) atoms. The number of ether oxygens (including phenoxy) is 1. The molecule has 2 unspecified atom stereocenters. The van der Waals surface area contributed by atoms with Gasteiger partial charge in [0.15, 0.2) is 0 Å². The van der Waals surface area contributed by atoms with Gasteiger partial charge in [0.2, 0.25) is 11.8 Å². The second-order valence-corrected chi connectivity index (χ2v) is 5.95. The van der Waals surface area contributed by atoms with E-state index in [0.717, 1.165) is 0 Å². The van der Waals surface area contributed by atoms with Crippen LogP contribution in [0.3, 0.4) is 0 Å². The minimum atomic E-state index is -0.750. The maximum absolute atomic E-state index is 12.8. The third-order valence-corrected chi connectivity index (χ3v) is 4.36. The first-order valence-corrected chi connectivity index (χ1v) is 7.48. The maximum atomic E-state index is 12.8. The van der Waals surface area contributed by atoms with Crippen molar-refractivity contribution in [3.63, 3.8) is 0 Å². The van der Waals surface area contributed by atoms with Crippen molar-refractivity contribution in [1.82, 2.24) is 10.2 Å². The fourth-order valence-corrected chi connectivity index (χ4v) is 3.13. The molecule has 0 saturated carbocycles. The minimum absolute atomic E-state index is 0.00727. The quantitative estimate of drug-likeness (QED) is 0.805. The first-order chi connectivity index (χ1) is 9.35. The Morgan fingerprint density at radius 2 is 1.80 bits per heavy atom. The number of carbonyl (C=O) groups is 2. The van der Waals surface area contributed by atoms with E-state index in [1.54, 1.807) is 12.0 Å². The van der Waals surface area contributed by atoms with Crippen molar-refractivity contribution in [2.75, 3.05) is 13.7 Å². The van der Waals surface area contributed by atoms with Crippen LogP contribution in [0.15, 0.2) is 0 Å². The molecular weight excluding hydrogens is 256 g/mol. The van der Waals surface area contributed by atoms with Gasteiger partial charge < -0.3 is 15.0 Å². The van der Waals surface area contributed by atoms with Crippen molar-refractivity contribution in [3.8, 4) is 0 Å². The van der Waals surface area contributed by atoms with Crippen molar-refractivity contribution >= 4 is 11.8 Å². The Morgan fingerprint density at radius 3 is 2.20 bits per heavy atom. The monoisotopic (exact) mass is 284 g/mol. The molecule has 116 valence electrons. The van der Waals surface area contributed by atoms with E-state index < -0.39 is 11.6 Å². The topological polar surface area (TPSA) is 58.6 Å². The average Bonchev–Trinajstić information content (AvgIpc) is 2.40. The van der Waals surface area contributed by atoms with E-state index in [0.29, 0.717) is 19.4 Å². The first-order valence-electron chi connectivity index (χ1n) is 7.48. The molecule has 1 rings (SSSR count). The molecule has 2 atom stereocenters. The standard InChI is InChI=1S/C15H28N2O3/c1-7-15(8-2)14(19)16-12(10(3)4)13(18)17(15)11(5)9-20-6/h10-12H,7-9H2,1-6H3,(H,16,19). The predicted octanol–water partition coefficient (Wildman–Crippen LogP) is 1.56. The molecule has 0 spiro atoms. The first kappa shape index (κ1) is 17.0. The SMILES string of the molecule is CCC1(CC)C(=O)NC(C(C)C)C(=O)N1C(C)COC. The number of amides is 2. The predicted molar refractivity (Wildman–Crippen MR) is 78.3 cm³/mol. The minimum Gasteiger partial charge on any atom is -0.383 e. The van der Waals surface area contributed by atoms with Gasteiger partial charge in [0.1, 0.15) is 11.6 Å². The van der Waals surface area contributed by atoms with E-state index in [2.05, 4.69) is 5.32 Å². The molecule has 1 N–H and O–H groups in total. The summed E-state index contributed by atoms with van der Waals surface area (Å²) >= 11 is 0. The number of hydrogen-bond donors (Lipinski definition) is 1. The molecule has 1 aliphatic heterocycles. The Labute approximate surface area is 122 Å². The van der Waals surface area contributed by atoms with E-state index in [9.17, 15) is 9.59 Å². The van der Waals surface area contributed by atoms with Crippen molar-refractivity contribution in [2.45, 2.75) is 65.1 Å². The fraction of sp³-hybridized carbons (Fsp3) is 0.867. The molecule has 1 saturated heterocycles. The zero-order valence-electron chi connectivity index (χ0n) is 13.5. The second kappa shape index (κ2) is 6.57. The van der Waals surface area contributed by atoms with Gasteiger partial charge in [0, 0.05) is 7.11 Å². The fourth-order valence-electron chi connectivity index (χ4n) is 3.13. The lowest BCUT2D eigenvalue weighted by atomic mass is 9.83. The van der Waals surface area contributed by atoms with Crippen molar-refractivity contribution in [2.24, 2.45) is 5.92 Å². The van der Waals surface area contributed by atoms with Gasteiger partial charge in [-0.15, -0.1) is 0 Å². The number of piperazine rings is 1. The summed E-state index contributed by atoms with van der Waals surface area (Å²) in [5.74, 6) is 0.0482. The van der Waals surface area contributed by atoms with Crippen LogP contribution >= 0.6 is 0 Å². The van der Waals surface area contributed by atoms with E-state index in [1.165, 1.54) is 0 Å². The van der Waals surface area contributed by atoms with Crippen LogP contribution in [0.2, 0.25) is 0 Å². The van der Waals surface area contributed by atoms with Gasteiger partial charge in [-0.05, 0) is 25.7 Å². The van der Waals surface area contributed by atoms with Gasteiger partial charge in [0.05, 0.1) is 12.6 Å². The highest BCUT2D eigenvalue weighted by atomic mass is 16.5. The van der Waals surface area contributed by atoms with Crippen LogP contribution < -0.4 is 5.32 Å². The summed E-state index contributed by atoms with van der Waals surface area (Å²) < 4.78 is 5.19. The molecule has 5 heteroatoms. The molecule has 1 aliphatic rings. The summed E-state index contributed by atoms with van der Waals surface area (Å²) in [6, 6.07) is -0.548. The maximum Gasteiger partial charge on any atom is 0.246 e. The highest BCUT2D eigenvalue weighted by Crippen LogP contribution is 2.32. The van der Waals surface area contributed by atoms with Crippen molar-refractivity contribution in [3.05, 3.63) is 0 Å². The third kappa shape index (κ3) is 2.68. The van der Waals surface area contributed by atoms with Crippen LogP contribution in [0, 0.1) is 5.92 Å². The van der Waals surface area contributed by atoms with E-state index in [4.69, 9.17) is 4.74 Å². The molecule has 2 amide bonds. The van der Waals surface area contributed by atoms with Gasteiger partial charge in [-0.1, -0.05) is 27.7 Å². The van der Waals surface area contributed by atoms with Gasteiger partial charge in [0.25, 0.3) is 0 Å². The summed E-state index contributed by atoms with van der Waals surface area (Å²) in [5.41, 5.74) is -0.750. The molecule has 1 heterocycles. The van der Waals surface area contributed by atoms with Crippen LogP contribution in [0.1, 0.15) is 47.5 Å². The molecule has 0 aromatic heterocycles. The van der Waals surface area contributed by atoms with Crippen LogP contribution in [-0.2, 0) is 14.3 Å². The lowest BCUT2D eigenvalue weighted by molar-refractivity contribution is -0.164. The lowest BCUT2D eigenvalue weighted by Gasteiger charge is -2.50. The summed E-state index contributed by atoms with van der Waals surface area (Å²) in [6.45, 7) is 10.2. The molecule has 0 bridgehead atoms. The molecule has 0 aromatic rings. The normalized spacial score (nSPS) is 23.9. The Balaban J connectivity index is 3.23. The average molecular weight is 284 g/mol. The van der Waals surface area contributed by atoms with Crippen molar-refractivity contribution < 1.29 is 14.3 Å². The molecule has 1 fully saturated rings. The lowest BCUT2D eigenvalue weighted by Crippen LogP contribution is -2.73. The second-order valence-electron chi connectivity index (χ2n) is 5.95. The van der Waals surface area contributed by atoms with E-state index in [-0.39, 0.29) is 23.8 Å². The van der Waals surface area contributed by atoms with Gasteiger partial charge >= 0.3 is 0 Å². The van der Waals surface area contributed by atoms with Crippen LogP contribution in [0.25, 0.3) is 0 Å². The zero-order valence-corrected chi connectivity index (χ0v) is 13.5. The highest BCUT2D eigenvalue weighted by molar-refractivity contribution is 6.00. The molecule has 0 radical (unpaired) electrons. The van der Waals surface area contributed by atoms with Crippen molar-refractivity contribution in [1.29, 1.82) is 0 Å². The number of nitrogens with zero attached hydrogens (tertiary/aromatic N) is 1. The number of nitrogens with one attached hydrogen (secondary N) is 1. The van der Waals surface area contributed by atoms with E-state index in [1.807, 2.05) is 34.6 Å². The number of methoxy groups -OCH3 is 1. The Kier molecular flexibility index (Phi) is 5.57. The number of carbonyl (C=O) groups excluding carboxylic acids is 2. The number of hydrogen-bond acceptors (Lipinski definition) is 3. The van der Waals surface area contributed by atoms with Crippen LogP contribution in [0.5, 0.6) is 0 Å². The largest absolute Gasteiger partial charge is 0.383 e. The highest BCUT2D eigenvalue weighted by Gasteiger charge is 2.52. The van der Waals surface area contributed by atoms with Crippen LogP contribution in [0.4, 0.5) is 0 Å². The molecular formula is C15H28N2O3. The Hall–Kier alpha value is -1.10. The van der Waals surface area contributed by atoms with Gasteiger partial charge in [-0.25, -0.2) is 0 Å². The smallest absolute Gasteiger partial charge is 0.246 e. The molecule has 5 nitrogen and oxygen atoms in total. The summed E-state index contributed by atoms with van der Waals surface area (Å²) in [4.78, 5) is 27.2. The third-order valence-electron chi connectivity index (χ3n) is 4.36. The Bertz CT molecular complexity index is 364. The molecule has 0 aromatic carbocycles. The zero-order chi connectivity index (χ0) is 15.5. The van der Waals surface area contributed by atoms with Crippen LogP contribution in [-0.4, -0.2) is 48.1 Å². The summed E-state index contributed by atoms with van der Waals surface area (Å²) in [6.07, 6.45) is 1.22. The summed E-state index contributed by atoms with van der Waals surface area (Å²) in [5, 5.41) is 2.91.